The number of carbonyl (C=O) groups is 2. The van der Waals surface area contributed by atoms with E-state index < -0.39 is 90.2 Å². The Kier molecular flexibility index (Phi) is 11.0. The number of esters is 1. The number of carbonyl (C=O) groups excluding carboxylic acids is 2. The third-order valence-corrected chi connectivity index (χ3v) is 9.01. The van der Waals surface area contributed by atoms with Gasteiger partial charge in [0.25, 0.3) is 5.69 Å². The molecule has 0 amide bonds. The van der Waals surface area contributed by atoms with Crippen molar-refractivity contribution in [3.63, 3.8) is 0 Å². The highest BCUT2D eigenvalue weighted by atomic mass is 16.8. The molecule has 50 heavy (non-hydrogen) atoms. The zero-order valence-electron chi connectivity index (χ0n) is 28.3. The van der Waals surface area contributed by atoms with Crippen LogP contribution in [-0.4, -0.2) is 96.8 Å². The van der Waals surface area contributed by atoms with Crippen LogP contribution in [0.15, 0.2) is 54.6 Å². The van der Waals surface area contributed by atoms with Gasteiger partial charge in [0.1, 0.15) is 24.4 Å². The average molecular weight is 702 g/mol. The van der Waals surface area contributed by atoms with Crippen LogP contribution in [0.4, 0.5) is 10.5 Å². The van der Waals surface area contributed by atoms with Gasteiger partial charge in [-0.15, -0.1) is 0 Å². The number of hydrogen-bond acceptors (Lipinski definition) is 14. The van der Waals surface area contributed by atoms with E-state index in [9.17, 15) is 24.8 Å². The fraction of sp³-hybridized carbons (Fsp3) is 0.600. The normalized spacial score (nSPS) is 33.8. The van der Waals surface area contributed by atoms with Crippen LogP contribution < -0.4 is 0 Å². The van der Waals surface area contributed by atoms with Crippen LogP contribution in [0.1, 0.15) is 58.0 Å². The highest BCUT2D eigenvalue weighted by Crippen LogP contribution is 2.40. The van der Waals surface area contributed by atoms with E-state index in [0.717, 1.165) is 11.1 Å². The number of nitrogens with zero attached hydrogens (tertiary/aromatic N) is 1. The largest absolute Gasteiger partial charge is 0.509 e. The molecule has 4 saturated heterocycles. The Balaban J connectivity index is 1.23. The molecule has 6 rings (SSSR count). The Morgan fingerprint density at radius 2 is 1.66 bits per heavy atom. The van der Waals surface area contributed by atoms with Crippen molar-refractivity contribution in [1.82, 2.24) is 0 Å². The minimum Gasteiger partial charge on any atom is -0.454 e. The van der Waals surface area contributed by atoms with Crippen LogP contribution in [0.3, 0.4) is 0 Å². The summed E-state index contributed by atoms with van der Waals surface area (Å²) in [7, 11) is 0. The molecule has 0 saturated carbocycles. The fourth-order valence-corrected chi connectivity index (χ4v) is 6.22. The number of benzene rings is 2. The lowest BCUT2D eigenvalue weighted by Crippen LogP contribution is -2.66. The van der Waals surface area contributed by atoms with Crippen molar-refractivity contribution < 1.29 is 62.3 Å². The molecule has 0 aromatic heterocycles. The molecule has 2 aromatic rings. The van der Waals surface area contributed by atoms with Crippen LogP contribution in [0.2, 0.25) is 0 Å². The molecule has 2 aromatic carbocycles. The number of aryl methyl sites for hydroxylation is 1. The van der Waals surface area contributed by atoms with Gasteiger partial charge in [0.15, 0.2) is 37.2 Å². The molecule has 0 aliphatic carbocycles. The second-order valence-electron chi connectivity index (χ2n) is 13.8. The zero-order chi connectivity index (χ0) is 35.6. The number of aliphatic hydroxyl groups excluding tert-OH is 1. The molecule has 4 aliphatic heterocycles. The number of hydrogen-bond donors (Lipinski definition) is 1. The minimum absolute atomic E-state index is 0.0293. The lowest BCUT2D eigenvalue weighted by atomic mass is 9.94. The van der Waals surface area contributed by atoms with Crippen molar-refractivity contribution in [3.05, 3.63) is 75.8 Å². The minimum atomic E-state index is -1.23. The van der Waals surface area contributed by atoms with Crippen molar-refractivity contribution in [3.8, 4) is 0 Å². The Morgan fingerprint density at radius 1 is 0.940 bits per heavy atom. The number of nitro benzene ring substituents is 1. The van der Waals surface area contributed by atoms with Gasteiger partial charge in [-0.05, 0) is 52.5 Å². The molecule has 1 N–H and O–H groups in total. The maximum absolute atomic E-state index is 13.4. The van der Waals surface area contributed by atoms with E-state index in [1.807, 2.05) is 30.3 Å². The Hall–Kier alpha value is -3.70. The highest BCUT2D eigenvalue weighted by Gasteiger charge is 2.58. The summed E-state index contributed by atoms with van der Waals surface area (Å²) in [4.78, 5) is 36.1. The Labute approximate surface area is 289 Å². The summed E-state index contributed by atoms with van der Waals surface area (Å²) < 4.78 is 54.5. The number of unbranched alkanes of at least 4 members (excludes halogenated alkanes) is 1. The van der Waals surface area contributed by atoms with Gasteiger partial charge in [0, 0.05) is 24.3 Å². The summed E-state index contributed by atoms with van der Waals surface area (Å²) in [5.41, 5.74) is 0.827. The van der Waals surface area contributed by atoms with Gasteiger partial charge in [0.05, 0.1) is 23.0 Å². The Morgan fingerprint density at radius 3 is 2.36 bits per heavy atom. The molecule has 4 fully saturated rings. The summed E-state index contributed by atoms with van der Waals surface area (Å²) in [6.45, 7) is 7.08. The number of fused-ring (bicyclic) bond motifs is 2. The molecule has 272 valence electrons. The van der Waals surface area contributed by atoms with Crippen molar-refractivity contribution in [2.24, 2.45) is 5.41 Å². The van der Waals surface area contributed by atoms with Crippen LogP contribution in [0, 0.1) is 15.5 Å². The molecule has 0 bridgehead atoms. The molecular weight excluding hydrogens is 658 g/mol. The first kappa shape index (κ1) is 36.1. The maximum Gasteiger partial charge on any atom is 0.509 e. The predicted octanol–water partition coefficient (Wildman–Crippen LogP) is 4.13. The molecule has 4 heterocycles. The van der Waals surface area contributed by atoms with Crippen LogP contribution in [-0.2, 0) is 53.8 Å². The van der Waals surface area contributed by atoms with E-state index in [1.54, 1.807) is 39.8 Å². The molecule has 4 aliphatic rings. The summed E-state index contributed by atoms with van der Waals surface area (Å²) in [5, 5.41) is 21.7. The molecular formula is C35H43NO14. The van der Waals surface area contributed by atoms with Crippen LogP contribution in [0.5, 0.6) is 0 Å². The summed E-state index contributed by atoms with van der Waals surface area (Å²) in [6.07, 6.45) is -10.1. The van der Waals surface area contributed by atoms with E-state index in [4.69, 9.17) is 42.6 Å². The predicted molar refractivity (Wildman–Crippen MR) is 170 cm³/mol. The zero-order valence-corrected chi connectivity index (χ0v) is 28.3. The van der Waals surface area contributed by atoms with Gasteiger partial charge in [-0.2, -0.15) is 0 Å². The van der Waals surface area contributed by atoms with E-state index in [1.165, 1.54) is 12.1 Å². The van der Waals surface area contributed by atoms with Crippen LogP contribution in [0.25, 0.3) is 0 Å². The first-order chi connectivity index (χ1) is 23.9. The lowest BCUT2D eigenvalue weighted by molar-refractivity contribution is -0.388. The van der Waals surface area contributed by atoms with E-state index in [2.05, 4.69) is 0 Å². The second kappa shape index (κ2) is 15.3. The topological polar surface area (TPSA) is 181 Å². The van der Waals surface area contributed by atoms with Crippen LogP contribution >= 0.6 is 0 Å². The lowest BCUT2D eigenvalue weighted by Gasteiger charge is -2.50. The number of nitro groups is 1. The fourth-order valence-electron chi connectivity index (χ4n) is 6.22. The summed E-state index contributed by atoms with van der Waals surface area (Å²) in [6, 6.07) is 15.7. The van der Waals surface area contributed by atoms with Crippen molar-refractivity contribution in [2.45, 2.75) is 115 Å². The molecule has 15 heteroatoms. The third kappa shape index (κ3) is 8.09. The first-order valence-electron chi connectivity index (χ1n) is 16.8. The first-order valence-corrected chi connectivity index (χ1v) is 16.8. The monoisotopic (exact) mass is 701 g/mol. The van der Waals surface area contributed by atoms with Crippen molar-refractivity contribution in [1.29, 1.82) is 0 Å². The van der Waals surface area contributed by atoms with Gasteiger partial charge in [0.2, 0.25) is 0 Å². The smallest absolute Gasteiger partial charge is 0.454 e. The standard InChI is InChI=1S/C35H43NO14/c1-19-24(37)26-28(50-34(39)49-26)32(44-19)47-27-25-23(18-43-30(46-25)21-11-6-5-7-12-21)45-31(29(27)48-33(38)35(2,3)4)42-17-9-8-10-20-13-15-22(16-14-20)36(40)41/h5-7,11-16,19,23-32,37H,8-10,17-18H2,1-4H3/t19-,23+,24-,25-,26+,27-,28+,29+,30-,31+,32-/m0/s1. The maximum atomic E-state index is 13.4. The SMILES string of the molecule is C[C@@H]1O[C@@H](O[C@H]2[C@H]3O[C@@H](c4ccccc4)OC[C@H]3O[C@@H](OCCCCc3ccc([N+](=O)[O-])cc3)[C@@H]2OC(=O)C(C)(C)C)[C@@H]2OC(=O)O[C@@H]2[C@H]1O. The Bertz CT molecular complexity index is 1480. The number of aliphatic hydroxyl groups is 1. The van der Waals surface area contributed by atoms with Gasteiger partial charge >= 0.3 is 12.1 Å². The van der Waals surface area contributed by atoms with Gasteiger partial charge in [-0.3, -0.25) is 14.9 Å². The van der Waals surface area contributed by atoms with E-state index in [0.29, 0.717) is 19.3 Å². The van der Waals surface area contributed by atoms with Crippen molar-refractivity contribution in [2.75, 3.05) is 13.2 Å². The highest BCUT2D eigenvalue weighted by molar-refractivity contribution is 5.75. The average Bonchev–Trinajstić information content (AvgIpc) is 3.50. The summed E-state index contributed by atoms with van der Waals surface area (Å²) in [5.74, 6) is -0.543. The van der Waals surface area contributed by atoms with Gasteiger partial charge in [-0.25, -0.2) is 4.79 Å². The second-order valence-corrected chi connectivity index (χ2v) is 13.8. The number of non-ortho nitro benzene ring substituents is 1. The quantitative estimate of drug-likeness (QED) is 0.153. The van der Waals surface area contributed by atoms with E-state index in [-0.39, 0.29) is 18.9 Å². The molecule has 15 nitrogen and oxygen atoms in total. The summed E-state index contributed by atoms with van der Waals surface area (Å²) >= 11 is 0. The van der Waals surface area contributed by atoms with Crippen molar-refractivity contribution >= 4 is 17.8 Å². The number of ether oxygens (including phenoxy) is 9. The van der Waals surface area contributed by atoms with E-state index >= 15 is 0 Å². The molecule has 0 radical (unpaired) electrons. The third-order valence-electron chi connectivity index (χ3n) is 9.01. The van der Waals surface area contributed by atoms with Gasteiger partial charge in [-0.1, -0.05) is 42.5 Å². The molecule has 0 spiro atoms. The molecule has 11 atom stereocenters. The van der Waals surface area contributed by atoms with Gasteiger partial charge < -0.3 is 47.7 Å². The number of rotatable bonds is 11. The molecule has 0 unspecified atom stereocenters.